The molecule has 7 nitrogen and oxygen atoms in total. The van der Waals surface area contributed by atoms with Crippen LogP contribution in [-0.4, -0.2) is 55.2 Å². The third-order valence-electron chi connectivity index (χ3n) is 4.07. The van der Waals surface area contributed by atoms with Crippen LogP contribution in [0.4, 0.5) is 4.79 Å². The molecular formula is C18H24N4O3. The van der Waals surface area contributed by atoms with Gasteiger partial charge < -0.3 is 20.3 Å². The van der Waals surface area contributed by atoms with Crippen molar-refractivity contribution < 1.29 is 14.3 Å². The van der Waals surface area contributed by atoms with Gasteiger partial charge in [-0.2, -0.15) is 5.26 Å². The molecule has 0 saturated carbocycles. The quantitative estimate of drug-likeness (QED) is 0.807. The Labute approximate surface area is 147 Å². The molecule has 0 aliphatic carbocycles. The molecule has 2 N–H and O–H groups in total. The topological polar surface area (TPSA) is 94.5 Å². The molecule has 1 aromatic carbocycles. The Morgan fingerprint density at radius 2 is 1.92 bits per heavy atom. The summed E-state index contributed by atoms with van der Waals surface area (Å²) < 4.78 is 5.20. The second-order valence-corrected chi connectivity index (χ2v) is 5.99. The first-order valence-corrected chi connectivity index (χ1v) is 8.47. The second kappa shape index (κ2) is 9.64. The summed E-state index contributed by atoms with van der Waals surface area (Å²) in [5, 5.41) is 14.6. The van der Waals surface area contributed by atoms with E-state index in [0.717, 1.165) is 5.56 Å². The molecule has 0 bridgehead atoms. The van der Waals surface area contributed by atoms with Crippen LogP contribution in [0.5, 0.6) is 0 Å². The lowest BCUT2D eigenvalue weighted by molar-refractivity contribution is -0.123. The van der Waals surface area contributed by atoms with Crippen molar-refractivity contribution in [3.8, 4) is 6.07 Å². The van der Waals surface area contributed by atoms with Crippen molar-refractivity contribution in [3.05, 3.63) is 35.9 Å². The standard InChI is InChI=1S/C18H24N4O3/c1-14(20-18(24)22-9-11-25-12-10-22)17(23)21-16(13-19)8-7-15-5-3-2-4-6-15/h2-6,14,16H,7-12H2,1H3,(H,20,24)(H,21,23). The maximum absolute atomic E-state index is 12.2. The van der Waals surface area contributed by atoms with Crippen LogP contribution in [0.1, 0.15) is 18.9 Å². The largest absolute Gasteiger partial charge is 0.378 e. The molecule has 1 heterocycles. The number of benzene rings is 1. The van der Waals surface area contributed by atoms with Gasteiger partial charge in [0, 0.05) is 13.1 Å². The first-order valence-electron chi connectivity index (χ1n) is 8.47. The van der Waals surface area contributed by atoms with Crippen molar-refractivity contribution in [1.29, 1.82) is 5.26 Å². The van der Waals surface area contributed by atoms with Gasteiger partial charge in [0.15, 0.2) is 0 Å². The van der Waals surface area contributed by atoms with Gasteiger partial charge in [-0.1, -0.05) is 30.3 Å². The lowest BCUT2D eigenvalue weighted by atomic mass is 10.1. The number of nitrogens with zero attached hydrogens (tertiary/aromatic N) is 2. The van der Waals surface area contributed by atoms with E-state index in [-0.39, 0.29) is 11.9 Å². The van der Waals surface area contributed by atoms with E-state index < -0.39 is 12.1 Å². The van der Waals surface area contributed by atoms with Crippen molar-refractivity contribution in [2.75, 3.05) is 26.3 Å². The minimum absolute atomic E-state index is 0.288. The van der Waals surface area contributed by atoms with Gasteiger partial charge >= 0.3 is 6.03 Å². The number of urea groups is 1. The zero-order valence-corrected chi connectivity index (χ0v) is 14.4. The van der Waals surface area contributed by atoms with Gasteiger partial charge in [-0.15, -0.1) is 0 Å². The average molecular weight is 344 g/mol. The fourth-order valence-corrected chi connectivity index (χ4v) is 2.53. The number of ether oxygens (including phenoxy) is 1. The Balaban J connectivity index is 1.77. The number of hydrogen-bond donors (Lipinski definition) is 2. The predicted octanol–water partition coefficient (Wildman–Crippen LogP) is 1.06. The minimum Gasteiger partial charge on any atom is -0.378 e. The highest BCUT2D eigenvalue weighted by Gasteiger charge is 2.23. The third kappa shape index (κ3) is 6.08. The van der Waals surface area contributed by atoms with Gasteiger partial charge in [-0.25, -0.2) is 4.79 Å². The van der Waals surface area contributed by atoms with Crippen LogP contribution in [0.25, 0.3) is 0 Å². The molecule has 1 fully saturated rings. The minimum atomic E-state index is -0.706. The van der Waals surface area contributed by atoms with E-state index >= 15 is 0 Å². The fourth-order valence-electron chi connectivity index (χ4n) is 2.53. The summed E-state index contributed by atoms with van der Waals surface area (Å²) in [5.41, 5.74) is 1.12. The Morgan fingerprint density at radius 3 is 2.56 bits per heavy atom. The van der Waals surface area contributed by atoms with E-state index in [0.29, 0.717) is 39.1 Å². The van der Waals surface area contributed by atoms with Crippen molar-refractivity contribution in [3.63, 3.8) is 0 Å². The highest BCUT2D eigenvalue weighted by molar-refractivity contribution is 5.87. The number of carbonyl (C=O) groups excluding carboxylic acids is 2. The maximum atomic E-state index is 12.2. The average Bonchev–Trinajstić information content (AvgIpc) is 2.66. The molecule has 1 aliphatic heterocycles. The van der Waals surface area contributed by atoms with Gasteiger partial charge in [0.05, 0.1) is 19.3 Å². The number of carbonyl (C=O) groups is 2. The number of amides is 3. The SMILES string of the molecule is CC(NC(=O)N1CCOCC1)C(=O)NC(C#N)CCc1ccccc1. The van der Waals surface area contributed by atoms with E-state index in [1.165, 1.54) is 0 Å². The number of aryl methyl sites for hydroxylation is 1. The van der Waals surface area contributed by atoms with Crippen LogP contribution in [-0.2, 0) is 16.0 Å². The first-order chi connectivity index (χ1) is 12.1. The number of hydrogen-bond acceptors (Lipinski definition) is 4. The molecule has 2 unspecified atom stereocenters. The van der Waals surface area contributed by atoms with E-state index in [1.54, 1.807) is 11.8 Å². The highest BCUT2D eigenvalue weighted by atomic mass is 16.5. The normalized spacial score (nSPS) is 16.4. The van der Waals surface area contributed by atoms with Gasteiger partial charge in [0.2, 0.25) is 5.91 Å². The van der Waals surface area contributed by atoms with E-state index in [4.69, 9.17) is 4.74 Å². The maximum Gasteiger partial charge on any atom is 0.318 e. The molecule has 7 heteroatoms. The predicted molar refractivity (Wildman–Crippen MR) is 92.7 cm³/mol. The van der Waals surface area contributed by atoms with E-state index in [2.05, 4.69) is 16.7 Å². The summed E-state index contributed by atoms with van der Waals surface area (Å²) in [4.78, 5) is 25.9. The van der Waals surface area contributed by atoms with Gasteiger partial charge in [0.1, 0.15) is 12.1 Å². The molecule has 0 aromatic heterocycles. The van der Waals surface area contributed by atoms with Gasteiger partial charge in [0.25, 0.3) is 0 Å². The molecule has 134 valence electrons. The Kier molecular flexibility index (Phi) is 7.23. The summed E-state index contributed by atoms with van der Waals surface area (Å²) in [7, 11) is 0. The number of rotatable bonds is 6. The zero-order chi connectivity index (χ0) is 18.1. The molecule has 1 aliphatic rings. The van der Waals surface area contributed by atoms with Crippen LogP contribution in [0, 0.1) is 11.3 Å². The van der Waals surface area contributed by atoms with Gasteiger partial charge in [-0.05, 0) is 25.3 Å². The zero-order valence-electron chi connectivity index (χ0n) is 14.4. The number of nitrogens with one attached hydrogen (secondary N) is 2. The van der Waals surface area contributed by atoms with Crippen molar-refractivity contribution in [2.24, 2.45) is 0 Å². The molecule has 1 saturated heterocycles. The van der Waals surface area contributed by atoms with E-state index in [9.17, 15) is 14.9 Å². The van der Waals surface area contributed by atoms with Crippen molar-refractivity contribution in [1.82, 2.24) is 15.5 Å². The third-order valence-corrected chi connectivity index (χ3v) is 4.07. The van der Waals surface area contributed by atoms with Crippen LogP contribution in [0.15, 0.2) is 30.3 Å². The van der Waals surface area contributed by atoms with Crippen LogP contribution < -0.4 is 10.6 Å². The molecule has 1 aromatic rings. The molecule has 3 amide bonds. The number of morpholine rings is 1. The van der Waals surface area contributed by atoms with Gasteiger partial charge in [-0.3, -0.25) is 4.79 Å². The van der Waals surface area contributed by atoms with Crippen LogP contribution in [0.3, 0.4) is 0 Å². The molecule has 0 spiro atoms. The van der Waals surface area contributed by atoms with Crippen LogP contribution in [0.2, 0.25) is 0 Å². The summed E-state index contributed by atoms with van der Waals surface area (Å²) in [5.74, 6) is -0.360. The lowest BCUT2D eigenvalue weighted by Crippen LogP contribution is -2.53. The van der Waals surface area contributed by atoms with Crippen LogP contribution >= 0.6 is 0 Å². The Bertz CT molecular complexity index is 608. The highest BCUT2D eigenvalue weighted by Crippen LogP contribution is 2.05. The molecule has 25 heavy (non-hydrogen) atoms. The fraction of sp³-hybridized carbons (Fsp3) is 0.500. The smallest absolute Gasteiger partial charge is 0.318 e. The first kappa shape index (κ1) is 18.7. The van der Waals surface area contributed by atoms with Crippen molar-refractivity contribution in [2.45, 2.75) is 31.8 Å². The summed E-state index contributed by atoms with van der Waals surface area (Å²) in [6.07, 6.45) is 1.23. The summed E-state index contributed by atoms with van der Waals surface area (Å²) >= 11 is 0. The lowest BCUT2D eigenvalue weighted by Gasteiger charge is -2.28. The monoisotopic (exact) mass is 344 g/mol. The Hall–Kier alpha value is -2.59. The second-order valence-electron chi connectivity index (χ2n) is 5.99. The number of nitriles is 1. The molecule has 2 atom stereocenters. The molecule has 2 rings (SSSR count). The van der Waals surface area contributed by atoms with Crippen molar-refractivity contribution >= 4 is 11.9 Å². The molecular weight excluding hydrogens is 320 g/mol. The Morgan fingerprint density at radius 1 is 1.24 bits per heavy atom. The molecule has 0 radical (unpaired) electrons. The summed E-state index contributed by atoms with van der Waals surface area (Å²) in [6, 6.07) is 10.3. The van der Waals surface area contributed by atoms with E-state index in [1.807, 2.05) is 30.3 Å². The summed E-state index contributed by atoms with van der Waals surface area (Å²) in [6.45, 7) is 3.64.